The van der Waals surface area contributed by atoms with Gasteiger partial charge in [-0.1, -0.05) is 19.4 Å². The molecule has 0 aliphatic carbocycles. The summed E-state index contributed by atoms with van der Waals surface area (Å²) in [6.45, 7) is 2.21. The van der Waals surface area contributed by atoms with Crippen molar-refractivity contribution in [2.24, 2.45) is 0 Å². The van der Waals surface area contributed by atoms with E-state index in [1.54, 1.807) is 11.3 Å². The minimum Gasteiger partial charge on any atom is -0.198 e. The van der Waals surface area contributed by atoms with E-state index in [2.05, 4.69) is 30.5 Å². The van der Waals surface area contributed by atoms with Gasteiger partial charge in [0.2, 0.25) is 0 Å². The number of hydrogen-bond donors (Lipinski definition) is 0. The van der Waals surface area contributed by atoms with Crippen LogP contribution in [0.2, 0.25) is 0 Å². The van der Waals surface area contributed by atoms with Gasteiger partial charge in [0.25, 0.3) is 0 Å². The van der Waals surface area contributed by atoms with Gasteiger partial charge in [0.05, 0.1) is 12.5 Å². The molecule has 1 heterocycles. The SMILES string of the molecule is CCCCc1ccsc1C=CCC#N. The van der Waals surface area contributed by atoms with Crippen molar-refractivity contribution in [3.63, 3.8) is 0 Å². The fourth-order valence-corrected chi connectivity index (χ4v) is 2.16. The quantitative estimate of drug-likeness (QED) is 0.712. The average molecular weight is 205 g/mol. The molecule has 0 aromatic carbocycles. The van der Waals surface area contributed by atoms with Crippen LogP contribution in [0.4, 0.5) is 0 Å². The zero-order valence-corrected chi connectivity index (χ0v) is 9.31. The van der Waals surface area contributed by atoms with Crippen molar-refractivity contribution >= 4 is 17.4 Å². The van der Waals surface area contributed by atoms with E-state index >= 15 is 0 Å². The summed E-state index contributed by atoms with van der Waals surface area (Å²) in [5, 5.41) is 10.5. The maximum atomic E-state index is 8.41. The Balaban J connectivity index is 2.58. The molecule has 0 aliphatic rings. The minimum absolute atomic E-state index is 0.505. The molecule has 0 spiro atoms. The Morgan fingerprint density at radius 2 is 2.43 bits per heavy atom. The summed E-state index contributed by atoms with van der Waals surface area (Å²) >= 11 is 1.75. The molecule has 1 nitrogen and oxygen atoms in total. The van der Waals surface area contributed by atoms with Crippen LogP contribution in [0.1, 0.15) is 36.6 Å². The third-order valence-corrected chi connectivity index (χ3v) is 2.98. The molecule has 2 heteroatoms. The van der Waals surface area contributed by atoms with Crippen molar-refractivity contribution in [2.45, 2.75) is 32.6 Å². The summed E-state index contributed by atoms with van der Waals surface area (Å²) in [5.41, 5.74) is 1.42. The van der Waals surface area contributed by atoms with E-state index in [4.69, 9.17) is 5.26 Å². The van der Waals surface area contributed by atoms with Crippen LogP contribution in [0.3, 0.4) is 0 Å². The van der Waals surface area contributed by atoms with Crippen molar-refractivity contribution in [1.82, 2.24) is 0 Å². The second kappa shape index (κ2) is 6.39. The minimum atomic E-state index is 0.505. The van der Waals surface area contributed by atoms with Gasteiger partial charge in [-0.2, -0.15) is 5.26 Å². The summed E-state index contributed by atoms with van der Waals surface area (Å²) in [6.07, 6.45) is 8.14. The summed E-state index contributed by atoms with van der Waals surface area (Å²) in [6, 6.07) is 4.30. The van der Waals surface area contributed by atoms with E-state index in [0.29, 0.717) is 6.42 Å². The highest BCUT2D eigenvalue weighted by atomic mass is 32.1. The Bertz CT molecular complexity index is 330. The lowest BCUT2D eigenvalue weighted by Gasteiger charge is -1.97. The number of allylic oxidation sites excluding steroid dienone is 1. The summed E-state index contributed by atoms with van der Waals surface area (Å²) in [7, 11) is 0. The predicted molar refractivity (Wildman–Crippen MR) is 62.2 cm³/mol. The third kappa shape index (κ3) is 3.35. The molecule has 74 valence electrons. The van der Waals surface area contributed by atoms with E-state index in [9.17, 15) is 0 Å². The molecule has 0 unspecified atom stereocenters. The molecule has 14 heavy (non-hydrogen) atoms. The first-order valence-electron chi connectivity index (χ1n) is 4.98. The molecule has 1 rings (SSSR count). The molecule has 1 aromatic heterocycles. The van der Waals surface area contributed by atoms with Crippen LogP contribution in [-0.2, 0) is 6.42 Å². The van der Waals surface area contributed by atoms with E-state index in [0.717, 1.165) is 6.42 Å². The normalized spacial score (nSPS) is 10.6. The van der Waals surface area contributed by atoms with E-state index < -0.39 is 0 Å². The second-order valence-electron chi connectivity index (χ2n) is 3.18. The number of rotatable bonds is 5. The highest BCUT2D eigenvalue weighted by Gasteiger charge is 1.99. The number of hydrogen-bond acceptors (Lipinski definition) is 2. The molecule has 0 radical (unpaired) electrons. The second-order valence-corrected chi connectivity index (χ2v) is 4.13. The summed E-state index contributed by atoms with van der Waals surface area (Å²) < 4.78 is 0. The van der Waals surface area contributed by atoms with Crippen molar-refractivity contribution < 1.29 is 0 Å². The molecular formula is C12H15NS. The molecule has 0 aliphatic heterocycles. The van der Waals surface area contributed by atoms with Gasteiger partial charge < -0.3 is 0 Å². The van der Waals surface area contributed by atoms with Gasteiger partial charge in [0.1, 0.15) is 0 Å². The molecule has 0 N–H and O–H groups in total. The topological polar surface area (TPSA) is 23.8 Å². The largest absolute Gasteiger partial charge is 0.198 e. The zero-order valence-electron chi connectivity index (χ0n) is 8.49. The first-order valence-corrected chi connectivity index (χ1v) is 5.86. The lowest BCUT2D eigenvalue weighted by Crippen LogP contribution is -1.82. The van der Waals surface area contributed by atoms with Crippen LogP contribution in [0.15, 0.2) is 17.5 Å². The van der Waals surface area contributed by atoms with Gasteiger partial charge in [0, 0.05) is 4.88 Å². The first kappa shape index (κ1) is 11.0. The number of thiophene rings is 1. The van der Waals surface area contributed by atoms with Crippen LogP contribution < -0.4 is 0 Å². The van der Waals surface area contributed by atoms with Gasteiger partial charge in [-0.3, -0.25) is 0 Å². The standard InChI is InChI=1S/C12H15NS/c1-2-3-6-11-8-10-14-12(11)7-4-5-9-13/h4,7-8,10H,2-3,5-6H2,1H3. The maximum Gasteiger partial charge on any atom is 0.0663 e. The molecule has 0 atom stereocenters. The monoisotopic (exact) mass is 205 g/mol. The fraction of sp³-hybridized carbons (Fsp3) is 0.417. The lowest BCUT2D eigenvalue weighted by molar-refractivity contribution is 0.796. The molecule has 0 amide bonds. The highest BCUT2D eigenvalue weighted by Crippen LogP contribution is 2.20. The smallest absolute Gasteiger partial charge is 0.0663 e. The Labute approximate surface area is 89.7 Å². The van der Waals surface area contributed by atoms with E-state index in [1.807, 2.05) is 6.08 Å². The molecule has 0 saturated carbocycles. The average Bonchev–Trinajstić information content (AvgIpc) is 2.63. The fourth-order valence-electron chi connectivity index (χ4n) is 1.29. The Morgan fingerprint density at radius 3 is 3.14 bits per heavy atom. The van der Waals surface area contributed by atoms with Crippen molar-refractivity contribution in [2.75, 3.05) is 0 Å². The molecule has 0 saturated heterocycles. The maximum absolute atomic E-state index is 8.41. The van der Waals surface area contributed by atoms with E-state index in [-0.39, 0.29) is 0 Å². The van der Waals surface area contributed by atoms with Gasteiger partial charge in [0.15, 0.2) is 0 Å². The predicted octanol–water partition coefficient (Wildman–Crippen LogP) is 4.02. The molecule has 0 bridgehead atoms. The number of nitriles is 1. The zero-order chi connectivity index (χ0) is 10.2. The summed E-state index contributed by atoms with van der Waals surface area (Å²) in [5.74, 6) is 0. The van der Waals surface area contributed by atoms with Crippen LogP contribution in [-0.4, -0.2) is 0 Å². The molecule has 0 fully saturated rings. The van der Waals surface area contributed by atoms with Crippen molar-refractivity contribution in [3.05, 3.63) is 28.0 Å². The van der Waals surface area contributed by atoms with Crippen LogP contribution in [0.25, 0.3) is 6.08 Å². The molecule has 1 aromatic rings. The van der Waals surface area contributed by atoms with E-state index in [1.165, 1.54) is 23.3 Å². The Hall–Kier alpha value is -1.07. The molecular weight excluding hydrogens is 190 g/mol. The Kier molecular flexibility index (Phi) is 5.03. The van der Waals surface area contributed by atoms with Gasteiger partial charge in [-0.05, 0) is 35.9 Å². The van der Waals surface area contributed by atoms with Gasteiger partial charge >= 0.3 is 0 Å². The van der Waals surface area contributed by atoms with Gasteiger partial charge in [-0.15, -0.1) is 11.3 Å². The number of aryl methyl sites for hydroxylation is 1. The van der Waals surface area contributed by atoms with Crippen LogP contribution in [0, 0.1) is 11.3 Å². The van der Waals surface area contributed by atoms with Crippen molar-refractivity contribution in [1.29, 1.82) is 5.26 Å². The number of unbranched alkanes of at least 4 members (excludes halogenated alkanes) is 1. The Morgan fingerprint density at radius 1 is 1.57 bits per heavy atom. The number of nitrogens with zero attached hydrogens (tertiary/aromatic N) is 1. The first-order chi connectivity index (χ1) is 6.88. The van der Waals surface area contributed by atoms with Crippen LogP contribution >= 0.6 is 11.3 Å². The lowest BCUT2D eigenvalue weighted by atomic mass is 10.1. The van der Waals surface area contributed by atoms with Crippen LogP contribution in [0.5, 0.6) is 0 Å². The third-order valence-electron chi connectivity index (χ3n) is 2.06. The van der Waals surface area contributed by atoms with Crippen molar-refractivity contribution in [3.8, 4) is 6.07 Å². The summed E-state index contributed by atoms with van der Waals surface area (Å²) in [4.78, 5) is 1.31. The highest BCUT2D eigenvalue weighted by molar-refractivity contribution is 7.11. The van der Waals surface area contributed by atoms with Gasteiger partial charge in [-0.25, -0.2) is 0 Å².